The fourth-order valence-corrected chi connectivity index (χ4v) is 1.67. The van der Waals surface area contributed by atoms with Crippen molar-refractivity contribution in [3.8, 4) is 11.6 Å². The number of aryl methyl sites for hydroxylation is 1. The van der Waals surface area contributed by atoms with Gasteiger partial charge in [0.25, 0.3) is 0 Å². The Morgan fingerprint density at radius 2 is 2.11 bits per heavy atom. The highest BCUT2D eigenvalue weighted by molar-refractivity contribution is 6.30. The molecule has 2 rings (SSSR count). The van der Waals surface area contributed by atoms with Gasteiger partial charge in [-0.25, -0.2) is 9.37 Å². The number of nitrogens with zero attached hydrogens (tertiary/aromatic N) is 1. The number of aromatic nitrogens is 1. The second-order valence-corrected chi connectivity index (χ2v) is 4.18. The number of pyridine rings is 1. The average molecular weight is 267 g/mol. The highest BCUT2D eigenvalue weighted by Crippen LogP contribution is 2.25. The molecule has 0 radical (unpaired) electrons. The van der Waals surface area contributed by atoms with Gasteiger partial charge in [-0.15, -0.1) is 0 Å². The number of hydrogen-bond acceptors (Lipinski definition) is 3. The van der Waals surface area contributed by atoms with Gasteiger partial charge in [-0.2, -0.15) is 0 Å². The van der Waals surface area contributed by atoms with Crippen LogP contribution in [-0.2, 0) is 6.54 Å². The summed E-state index contributed by atoms with van der Waals surface area (Å²) in [5.74, 6) is 0.382. The zero-order valence-corrected chi connectivity index (χ0v) is 10.5. The standard InChI is InChI=1S/C13H12ClFN2O/c1-8-9(7-16)2-5-13(17-8)18-10-3-4-12(15)11(14)6-10/h2-6H,7,16H2,1H3. The maximum Gasteiger partial charge on any atom is 0.219 e. The van der Waals surface area contributed by atoms with Crippen molar-refractivity contribution in [2.75, 3.05) is 0 Å². The summed E-state index contributed by atoms with van der Waals surface area (Å²) < 4.78 is 18.5. The molecule has 0 spiro atoms. The Labute approximate surface area is 109 Å². The molecule has 0 aliphatic rings. The summed E-state index contributed by atoms with van der Waals surface area (Å²) >= 11 is 5.67. The second kappa shape index (κ2) is 5.33. The minimum atomic E-state index is -0.480. The molecule has 2 aromatic rings. The second-order valence-electron chi connectivity index (χ2n) is 3.78. The highest BCUT2D eigenvalue weighted by atomic mass is 35.5. The van der Waals surface area contributed by atoms with Crippen LogP contribution >= 0.6 is 11.6 Å². The molecular weight excluding hydrogens is 255 g/mol. The van der Waals surface area contributed by atoms with Gasteiger partial charge in [0.2, 0.25) is 5.88 Å². The summed E-state index contributed by atoms with van der Waals surface area (Å²) in [6.07, 6.45) is 0. The Hall–Kier alpha value is -1.65. The number of halogens is 2. The normalized spacial score (nSPS) is 10.4. The predicted molar refractivity (Wildman–Crippen MR) is 68.3 cm³/mol. The lowest BCUT2D eigenvalue weighted by Gasteiger charge is -2.08. The van der Waals surface area contributed by atoms with Gasteiger partial charge in [0.15, 0.2) is 0 Å². The number of ether oxygens (including phenoxy) is 1. The van der Waals surface area contributed by atoms with Crippen LogP contribution in [0.4, 0.5) is 4.39 Å². The summed E-state index contributed by atoms with van der Waals surface area (Å²) in [4.78, 5) is 4.25. The maximum absolute atomic E-state index is 13.0. The number of rotatable bonds is 3. The lowest BCUT2D eigenvalue weighted by Crippen LogP contribution is -2.01. The monoisotopic (exact) mass is 266 g/mol. The molecule has 0 aliphatic carbocycles. The first-order valence-corrected chi connectivity index (χ1v) is 5.77. The maximum atomic E-state index is 13.0. The number of benzene rings is 1. The lowest BCUT2D eigenvalue weighted by molar-refractivity contribution is 0.459. The van der Waals surface area contributed by atoms with Crippen LogP contribution in [0.3, 0.4) is 0 Å². The largest absolute Gasteiger partial charge is 0.439 e. The third kappa shape index (κ3) is 2.78. The number of nitrogens with two attached hydrogens (primary N) is 1. The first kappa shape index (κ1) is 12.8. The van der Waals surface area contributed by atoms with Gasteiger partial charge in [-0.05, 0) is 24.6 Å². The predicted octanol–water partition coefficient (Wildman–Crippen LogP) is 3.43. The molecule has 94 valence electrons. The van der Waals surface area contributed by atoms with Crippen molar-refractivity contribution < 1.29 is 9.13 Å². The van der Waals surface area contributed by atoms with Crippen molar-refractivity contribution in [2.45, 2.75) is 13.5 Å². The van der Waals surface area contributed by atoms with Crippen molar-refractivity contribution in [2.24, 2.45) is 5.73 Å². The van der Waals surface area contributed by atoms with E-state index in [4.69, 9.17) is 22.1 Å². The van der Waals surface area contributed by atoms with Gasteiger partial charge < -0.3 is 10.5 Å². The molecule has 0 saturated heterocycles. The van der Waals surface area contributed by atoms with Crippen LogP contribution in [-0.4, -0.2) is 4.98 Å². The van der Waals surface area contributed by atoms with Gasteiger partial charge in [0.1, 0.15) is 11.6 Å². The third-order valence-electron chi connectivity index (χ3n) is 2.50. The van der Waals surface area contributed by atoms with Crippen LogP contribution in [0, 0.1) is 12.7 Å². The molecule has 1 aromatic heterocycles. The molecule has 5 heteroatoms. The van der Waals surface area contributed by atoms with E-state index in [0.717, 1.165) is 11.3 Å². The highest BCUT2D eigenvalue weighted by Gasteiger charge is 2.05. The Bertz CT molecular complexity index is 575. The molecular formula is C13H12ClFN2O. The Morgan fingerprint density at radius 3 is 2.72 bits per heavy atom. The summed E-state index contributed by atoms with van der Waals surface area (Å²) in [6, 6.07) is 7.72. The minimum Gasteiger partial charge on any atom is -0.439 e. The topological polar surface area (TPSA) is 48.1 Å². The number of hydrogen-bond donors (Lipinski definition) is 1. The van der Waals surface area contributed by atoms with E-state index in [0.29, 0.717) is 18.2 Å². The zero-order valence-electron chi connectivity index (χ0n) is 9.78. The van der Waals surface area contributed by atoms with E-state index >= 15 is 0 Å². The molecule has 3 nitrogen and oxygen atoms in total. The first-order valence-electron chi connectivity index (χ1n) is 5.39. The van der Waals surface area contributed by atoms with Crippen molar-refractivity contribution in [3.63, 3.8) is 0 Å². The van der Waals surface area contributed by atoms with E-state index in [9.17, 15) is 4.39 Å². The quantitative estimate of drug-likeness (QED) is 0.926. The Balaban J connectivity index is 2.23. The molecule has 1 heterocycles. The summed E-state index contributed by atoms with van der Waals surface area (Å²) in [5, 5.41) is 0.0165. The van der Waals surface area contributed by atoms with Crippen LogP contribution < -0.4 is 10.5 Å². The van der Waals surface area contributed by atoms with Gasteiger partial charge in [0.05, 0.1) is 5.02 Å². The van der Waals surface area contributed by atoms with Gasteiger partial charge in [-0.3, -0.25) is 0 Å². The minimum absolute atomic E-state index is 0.0165. The van der Waals surface area contributed by atoms with Gasteiger partial charge in [0, 0.05) is 24.4 Å². The Kier molecular flexibility index (Phi) is 3.79. The van der Waals surface area contributed by atoms with Crippen LogP contribution in [0.15, 0.2) is 30.3 Å². The molecule has 1 aromatic carbocycles. The summed E-state index contributed by atoms with van der Waals surface area (Å²) in [5.41, 5.74) is 7.32. The van der Waals surface area contributed by atoms with Crippen molar-refractivity contribution >= 4 is 11.6 Å². The molecule has 18 heavy (non-hydrogen) atoms. The van der Waals surface area contributed by atoms with Crippen LogP contribution in [0.5, 0.6) is 11.6 Å². The molecule has 0 saturated carbocycles. The van der Waals surface area contributed by atoms with E-state index in [1.54, 1.807) is 6.07 Å². The van der Waals surface area contributed by atoms with E-state index in [1.165, 1.54) is 18.2 Å². The van der Waals surface area contributed by atoms with Gasteiger partial charge >= 0.3 is 0 Å². The third-order valence-corrected chi connectivity index (χ3v) is 2.79. The van der Waals surface area contributed by atoms with Crippen molar-refractivity contribution in [1.29, 1.82) is 0 Å². The zero-order chi connectivity index (χ0) is 13.1. The van der Waals surface area contributed by atoms with E-state index < -0.39 is 5.82 Å². The molecule has 0 fully saturated rings. The molecule has 0 atom stereocenters. The molecule has 0 bridgehead atoms. The molecule has 2 N–H and O–H groups in total. The fraction of sp³-hybridized carbons (Fsp3) is 0.154. The van der Waals surface area contributed by atoms with E-state index in [1.807, 2.05) is 13.0 Å². The fourth-order valence-electron chi connectivity index (χ4n) is 1.50. The molecule has 0 aliphatic heterocycles. The van der Waals surface area contributed by atoms with Crippen molar-refractivity contribution in [3.05, 3.63) is 52.4 Å². The van der Waals surface area contributed by atoms with Crippen molar-refractivity contribution in [1.82, 2.24) is 4.98 Å². The van der Waals surface area contributed by atoms with E-state index in [-0.39, 0.29) is 5.02 Å². The molecule has 0 amide bonds. The van der Waals surface area contributed by atoms with E-state index in [2.05, 4.69) is 4.98 Å². The van der Waals surface area contributed by atoms with Crippen LogP contribution in [0.1, 0.15) is 11.3 Å². The van der Waals surface area contributed by atoms with Gasteiger partial charge in [-0.1, -0.05) is 17.7 Å². The SMILES string of the molecule is Cc1nc(Oc2ccc(F)c(Cl)c2)ccc1CN. The first-order chi connectivity index (χ1) is 8.60. The Morgan fingerprint density at radius 1 is 1.33 bits per heavy atom. The summed E-state index contributed by atoms with van der Waals surface area (Å²) in [7, 11) is 0. The lowest BCUT2D eigenvalue weighted by atomic mass is 10.2. The molecule has 0 unspecified atom stereocenters. The smallest absolute Gasteiger partial charge is 0.219 e. The summed E-state index contributed by atoms with van der Waals surface area (Å²) in [6.45, 7) is 2.29. The van der Waals surface area contributed by atoms with Crippen LogP contribution in [0.2, 0.25) is 5.02 Å². The average Bonchev–Trinajstić information content (AvgIpc) is 2.34. The van der Waals surface area contributed by atoms with Crippen LogP contribution in [0.25, 0.3) is 0 Å².